The van der Waals surface area contributed by atoms with Crippen molar-refractivity contribution in [3.63, 3.8) is 0 Å². The number of anilines is 1. The van der Waals surface area contributed by atoms with E-state index < -0.39 is 0 Å². The lowest BCUT2D eigenvalue weighted by molar-refractivity contribution is -0.129. The van der Waals surface area contributed by atoms with Gasteiger partial charge in [0, 0.05) is 42.9 Å². The average Bonchev–Trinajstić information content (AvgIpc) is 2.93. The number of hydrazine groups is 1. The number of amides is 2. The van der Waals surface area contributed by atoms with Crippen LogP contribution in [-0.4, -0.2) is 54.4 Å². The fraction of sp³-hybridized carbons (Fsp3) is 0.421. The molecule has 1 fully saturated rings. The van der Waals surface area contributed by atoms with Crippen LogP contribution in [0.4, 0.5) is 10.1 Å². The zero-order valence-electron chi connectivity index (χ0n) is 15.8. The smallest absolute Gasteiger partial charge is 0.252 e. The zero-order chi connectivity index (χ0) is 19.9. The minimum Gasteiger partial charge on any atom is -0.370 e. The maximum Gasteiger partial charge on any atom is 0.252 e. The fourth-order valence-corrected chi connectivity index (χ4v) is 3.86. The minimum atomic E-state index is -0.291. The van der Waals surface area contributed by atoms with Gasteiger partial charge in [-0.15, -0.1) is 11.3 Å². The van der Waals surface area contributed by atoms with Crippen LogP contribution in [0.1, 0.15) is 17.1 Å². The Morgan fingerprint density at radius 1 is 1.11 bits per heavy atom. The third-order valence-electron chi connectivity index (χ3n) is 4.47. The number of hydrogen-bond acceptors (Lipinski definition) is 6. The Morgan fingerprint density at radius 3 is 2.57 bits per heavy atom. The van der Waals surface area contributed by atoms with Crippen LogP contribution in [0.2, 0.25) is 0 Å². The number of carbonyl (C=O) groups excluding carboxylic acids is 2. The maximum absolute atomic E-state index is 13.1. The van der Waals surface area contributed by atoms with Crippen LogP contribution in [0.15, 0.2) is 29.6 Å². The van der Waals surface area contributed by atoms with E-state index >= 15 is 0 Å². The van der Waals surface area contributed by atoms with E-state index in [4.69, 9.17) is 0 Å². The number of aryl methyl sites for hydroxylation is 1. The van der Waals surface area contributed by atoms with Crippen LogP contribution in [0.25, 0.3) is 0 Å². The normalized spacial score (nSPS) is 15.1. The number of carbonyl (C=O) groups is 2. The molecule has 0 atom stereocenters. The summed E-state index contributed by atoms with van der Waals surface area (Å²) in [5, 5.41) is 2.60. The van der Waals surface area contributed by atoms with E-state index in [2.05, 4.69) is 25.6 Å². The number of hydrogen-bond donors (Lipinski definition) is 2. The van der Waals surface area contributed by atoms with Crippen LogP contribution in [0.5, 0.6) is 0 Å². The first-order valence-electron chi connectivity index (χ1n) is 9.21. The maximum atomic E-state index is 13.1. The average molecular weight is 405 g/mol. The summed E-state index contributed by atoms with van der Waals surface area (Å²) >= 11 is 1.42. The lowest BCUT2D eigenvalue weighted by Gasteiger charge is -2.23. The fourth-order valence-electron chi connectivity index (χ4n) is 3.09. The second kappa shape index (κ2) is 9.61. The van der Waals surface area contributed by atoms with Crippen molar-refractivity contribution in [3.8, 4) is 0 Å². The first kappa shape index (κ1) is 20.2. The molecule has 1 aliphatic rings. The van der Waals surface area contributed by atoms with Gasteiger partial charge in [-0.05, 0) is 37.6 Å². The molecule has 28 heavy (non-hydrogen) atoms. The molecule has 2 amide bonds. The minimum absolute atomic E-state index is 0.148. The van der Waals surface area contributed by atoms with Gasteiger partial charge in [-0.3, -0.25) is 25.3 Å². The molecule has 2 N–H and O–H groups in total. The van der Waals surface area contributed by atoms with Gasteiger partial charge in [0.05, 0.1) is 13.0 Å². The number of benzene rings is 1. The molecular weight excluding hydrogens is 381 g/mol. The van der Waals surface area contributed by atoms with E-state index in [1.165, 1.54) is 23.5 Å². The van der Waals surface area contributed by atoms with E-state index in [1.54, 1.807) is 12.1 Å². The molecule has 9 heteroatoms. The largest absolute Gasteiger partial charge is 0.370 e. The number of nitrogens with zero attached hydrogens (tertiary/aromatic N) is 3. The summed E-state index contributed by atoms with van der Waals surface area (Å²) in [6, 6.07) is 6.47. The molecule has 1 saturated heterocycles. The molecule has 0 bridgehead atoms. The lowest BCUT2D eigenvalue weighted by atomic mass is 10.2. The quantitative estimate of drug-likeness (QED) is 0.737. The second-order valence-corrected chi connectivity index (χ2v) is 7.69. The molecule has 0 spiro atoms. The van der Waals surface area contributed by atoms with Gasteiger partial charge >= 0.3 is 0 Å². The lowest BCUT2D eigenvalue weighted by Crippen LogP contribution is -2.47. The van der Waals surface area contributed by atoms with Crippen molar-refractivity contribution in [1.29, 1.82) is 0 Å². The Morgan fingerprint density at radius 2 is 1.86 bits per heavy atom. The van der Waals surface area contributed by atoms with E-state index in [-0.39, 0.29) is 30.6 Å². The van der Waals surface area contributed by atoms with Crippen molar-refractivity contribution >= 4 is 28.8 Å². The number of thiazole rings is 1. The van der Waals surface area contributed by atoms with Crippen LogP contribution < -0.4 is 15.8 Å². The van der Waals surface area contributed by atoms with Gasteiger partial charge in [-0.1, -0.05) is 0 Å². The topological polar surface area (TPSA) is 77.6 Å². The molecule has 150 valence electrons. The molecule has 0 unspecified atom stereocenters. The van der Waals surface area contributed by atoms with Gasteiger partial charge in [0.2, 0.25) is 5.91 Å². The zero-order valence-corrected chi connectivity index (χ0v) is 16.6. The summed E-state index contributed by atoms with van der Waals surface area (Å²) in [5.74, 6) is -0.788. The predicted molar refractivity (Wildman–Crippen MR) is 107 cm³/mol. The van der Waals surface area contributed by atoms with E-state index in [0.29, 0.717) is 0 Å². The Bertz CT molecular complexity index is 811. The summed E-state index contributed by atoms with van der Waals surface area (Å²) in [7, 11) is 0. The Labute approximate surface area is 167 Å². The molecular formula is C19H24FN5O2S. The molecule has 3 rings (SSSR count). The summed E-state index contributed by atoms with van der Waals surface area (Å²) in [5.41, 5.74) is 6.77. The monoisotopic (exact) mass is 405 g/mol. The molecule has 1 aromatic heterocycles. The molecule has 1 aromatic carbocycles. The first-order valence-corrected chi connectivity index (χ1v) is 10.1. The van der Waals surface area contributed by atoms with Crippen molar-refractivity contribution in [2.24, 2.45) is 0 Å². The molecule has 7 nitrogen and oxygen atoms in total. The third-order valence-corrected chi connectivity index (χ3v) is 5.43. The molecule has 0 aliphatic carbocycles. The summed E-state index contributed by atoms with van der Waals surface area (Å²) in [6.45, 7) is 5.21. The van der Waals surface area contributed by atoms with Gasteiger partial charge in [-0.25, -0.2) is 9.37 Å². The number of aromatic nitrogens is 1. The highest BCUT2D eigenvalue weighted by Gasteiger charge is 2.18. The highest BCUT2D eigenvalue weighted by Crippen LogP contribution is 2.17. The molecule has 2 aromatic rings. The molecule has 0 radical (unpaired) electrons. The van der Waals surface area contributed by atoms with Gasteiger partial charge in [0.1, 0.15) is 10.8 Å². The highest BCUT2D eigenvalue weighted by atomic mass is 32.1. The summed E-state index contributed by atoms with van der Waals surface area (Å²) in [4.78, 5) is 32.5. The van der Waals surface area contributed by atoms with Gasteiger partial charge in [-0.2, -0.15) is 0 Å². The van der Waals surface area contributed by atoms with Crippen molar-refractivity contribution in [1.82, 2.24) is 20.7 Å². The number of nitrogens with one attached hydrogen (secondary N) is 2. The highest BCUT2D eigenvalue weighted by molar-refractivity contribution is 7.09. The Balaban J connectivity index is 1.40. The Kier molecular flexibility index (Phi) is 6.94. The Hall–Kier alpha value is -2.52. The molecule has 1 aliphatic heterocycles. The standard InChI is InChI=1S/C19H24FN5O2S/c1-14-13-28-19(21-14)11-17(26)22-23-18(27)12-24-7-2-8-25(10-9-24)16-5-3-15(20)4-6-16/h3-6,13H,2,7-12H2,1H3,(H,22,26)(H,23,27). The predicted octanol–water partition coefficient (Wildman–Crippen LogP) is 1.49. The van der Waals surface area contributed by atoms with Crippen LogP contribution in [-0.2, 0) is 16.0 Å². The first-order chi connectivity index (χ1) is 13.5. The van der Waals surface area contributed by atoms with Gasteiger partial charge < -0.3 is 4.90 Å². The van der Waals surface area contributed by atoms with Crippen LogP contribution in [0, 0.1) is 12.7 Å². The summed E-state index contributed by atoms with van der Waals surface area (Å²) in [6.07, 6.45) is 1.05. The van der Waals surface area contributed by atoms with Crippen molar-refractivity contribution in [2.75, 3.05) is 37.6 Å². The van der Waals surface area contributed by atoms with E-state index in [9.17, 15) is 14.0 Å². The van der Waals surface area contributed by atoms with Crippen LogP contribution in [0.3, 0.4) is 0 Å². The number of rotatable bonds is 5. The molecule has 2 heterocycles. The van der Waals surface area contributed by atoms with Crippen molar-refractivity contribution in [2.45, 2.75) is 19.8 Å². The third kappa shape index (κ3) is 6.00. The number of halogens is 1. The van der Waals surface area contributed by atoms with Crippen LogP contribution >= 0.6 is 11.3 Å². The van der Waals surface area contributed by atoms with E-state index in [1.807, 2.05) is 12.3 Å². The summed E-state index contributed by atoms with van der Waals surface area (Å²) < 4.78 is 13.1. The van der Waals surface area contributed by atoms with Gasteiger partial charge in [0.25, 0.3) is 5.91 Å². The SMILES string of the molecule is Cc1csc(CC(=O)NNC(=O)CN2CCCN(c3ccc(F)cc3)CC2)n1. The van der Waals surface area contributed by atoms with Crippen molar-refractivity contribution in [3.05, 3.63) is 46.2 Å². The molecule has 0 saturated carbocycles. The van der Waals surface area contributed by atoms with Crippen molar-refractivity contribution < 1.29 is 14.0 Å². The van der Waals surface area contributed by atoms with E-state index in [0.717, 1.165) is 49.0 Å². The second-order valence-electron chi connectivity index (χ2n) is 6.75. The van der Waals surface area contributed by atoms with Gasteiger partial charge in [0.15, 0.2) is 0 Å².